The number of carbonyl (C=O) groups is 1. The molecule has 2 aromatic rings. The van der Waals surface area contributed by atoms with Crippen LogP contribution in [0.25, 0.3) is 0 Å². The number of hydrogen-bond donors (Lipinski definition) is 2. The third kappa shape index (κ3) is 2.62. The zero-order valence-electron chi connectivity index (χ0n) is 9.97. The molecule has 0 fully saturated rings. The lowest BCUT2D eigenvalue weighted by atomic mass is 10.2. The van der Waals surface area contributed by atoms with Gasteiger partial charge in [0.15, 0.2) is 5.76 Å². The van der Waals surface area contributed by atoms with Crippen molar-refractivity contribution >= 4 is 11.9 Å². The van der Waals surface area contributed by atoms with Crippen molar-refractivity contribution in [2.75, 3.05) is 5.32 Å². The second-order valence-electron chi connectivity index (χ2n) is 3.79. The van der Waals surface area contributed by atoms with Crippen LogP contribution in [0.15, 0.2) is 16.8 Å². The Morgan fingerprint density at radius 1 is 1.50 bits per heavy atom. The Hall–Kier alpha value is -2.44. The molecule has 0 aliphatic carbocycles. The van der Waals surface area contributed by atoms with E-state index in [2.05, 4.69) is 20.4 Å². The minimum atomic E-state index is -1.04. The zero-order valence-corrected chi connectivity index (χ0v) is 9.97. The van der Waals surface area contributed by atoms with E-state index in [1.165, 1.54) is 6.20 Å². The molecule has 7 nitrogen and oxygen atoms in total. The van der Waals surface area contributed by atoms with Gasteiger partial charge < -0.3 is 14.9 Å². The minimum Gasteiger partial charge on any atom is -0.478 e. The molecule has 94 valence electrons. The number of anilines is 1. The first-order valence-corrected chi connectivity index (χ1v) is 5.29. The van der Waals surface area contributed by atoms with E-state index >= 15 is 0 Å². The van der Waals surface area contributed by atoms with E-state index in [-0.39, 0.29) is 5.56 Å². The lowest BCUT2D eigenvalue weighted by molar-refractivity contribution is 0.0695. The smallest absolute Gasteiger partial charge is 0.339 e. The molecule has 0 aliphatic rings. The van der Waals surface area contributed by atoms with Crippen LogP contribution in [0.1, 0.15) is 27.5 Å². The van der Waals surface area contributed by atoms with E-state index in [9.17, 15) is 4.79 Å². The van der Waals surface area contributed by atoms with E-state index in [0.717, 1.165) is 5.69 Å². The van der Waals surface area contributed by atoms with Crippen molar-refractivity contribution in [2.45, 2.75) is 20.4 Å². The summed E-state index contributed by atoms with van der Waals surface area (Å²) in [7, 11) is 0. The first-order chi connectivity index (χ1) is 8.56. The predicted molar refractivity (Wildman–Crippen MR) is 62.3 cm³/mol. The van der Waals surface area contributed by atoms with Crippen LogP contribution in [0, 0.1) is 13.8 Å². The molecule has 0 spiro atoms. The summed E-state index contributed by atoms with van der Waals surface area (Å²) in [5.41, 5.74) is 1.30. The number of hydrogen-bond acceptors (Lipinski definition) is 6. The molecule has 7 heteroatoms. The Morgan fingerprint density at radius 3 is 2.83 bits per heavy atom. The van der Waals surface area contributed by atoms with Gasteiger partial charge in [0, 0.05) is 12.3 Å². The molecule has 0 unspecified atom stereocenters. The van der Waals surface area contributed by atoms with Crippen molar-refractivity contribution in [3.63, 3.8) is 0 Å². The normalized spacial score (nSPS) is 10.3. The zero-order chi connectivity index (χ0) is 13.1. The van der Waals surface area contributed by atoms with Crippen molar-refractivity contribution in [2.24, 2.45) is 0 Å². The summed E-state index contributed by atoms with van der Waals surface area (Å²) >= 11 is 0. The number of nitrogens with zero attached hydrogens (tertiary/aromatic N) is 3. The van der Waals surface area contributed by atoms with Crippen molar-refractivity contribution in [3.05, 3.63) is 35.0 Å². The van der Waals surface area contributed by atoms with Gasteiger partial charge in [0.25, 0.3) is 0 Å². The second kappa shape index (κ2) is 4.82. The Morgan fingerprint density at radius 2 is 2.28 bits per heavy atom. The summed E-state index contributed by atoms with van der Waals surface area (Å²) in [5.74, 6) is -0.0208. The number of nitrogens with one attached hydrogen (secondary N) is 1. The molecule has 2 rings (SSSR count). The Kier molecular flexibility index (Phi) is 3.22. The van der Waals surface area contributed by atoms with Gasteiger partial charge in [-0.05, 0) is 13.8 Å². The Balaban J connectivity index is 2.06. The molecule has 0 bridgehead atoms. The molecule has 2 heterocycles. The van der Waals surface area contributed by atoms with Crippen molar-refractivity contribution in [1.82, 2.24) is 15.1 Å². The highest BCUT2D eigenvalue weighted by molar-refractivity contribution is 5.88. The maximum atomic E-state index is 10.8. The standard InChI is InChI=1S/C11H12N4O3/c1-6-3-8(18-15-6)4-12-11-13-5-9(10(16)17)7(2)14-11/h3,5H,4H2,1-2H3,(H,16,17)(H,12,13,14). The molecule has 0 radical (unpaired) electrons. The summed E-state index contributed by atoms with van der Waals surface area (Å²) < 4.78 is 5.02. The third-order valence-corrected chi connectivity index (χ3v) is 2.31. The van der Waals surface area contributed by atoms with Gasteiger partial charge in [-0.1, -0.05) is 5.16 Å². The maximum absolute atomic E-state index is 10.8. The fraction of sp³-hybridized carbons (Fsp3) is 0.273. The molecular weight excluding hydrogens is 236 g/mol. The Labute approximate surface area is 103 Å². The number of carboxylic acid groups (broad SMARTS) is 1. The molecule has 0 saturated heterocycles. The number of aryl methyl sites for hydroxylation is 2. The SMILES string of the molecule is Cc1cc(CNc2ncc(C(=O)O)c(C)n2)on1. The van der Waals surface area contributed by atoms with Crippen LogP contribution in [0.5, 0.6) is 0 Å². The largest absolute Gasteiger partial charge is 0.478 e. The van der Waals surface area contributed by atoms with Crippen LogP contribution >= 0.6 is 0 Å². The quantitative estimate of drug-likeness (QED) is 0.842. The van der Waals surface area contributed by atoms with E-state index in [0.29, 0.717) is 23.9 Å². The van der Waals surface area contributed by atoms with E-state index in [1.807, 2.05) is 6.92 Å². The van der Waals surface area contributed by atoms with Crippen LogP contribution in [0.3, 0.4) is 0 Å². The second-order valence-corrected chi connectivity index (χ2v) is 3.79. The van der Waals surface area contributed by atoms with E-state index in [1.54, 1.807) is 13.0 Å². The molecule has 2 N–H and O–H groups in total. The lowest BCUT2D eigenvalue weighted by Crippen LogP contribution is -2.08. The minimum absolute atomic E-state index is 0.0936. The van der Waals surface area contributed by atoms with Crippen molar-refractivity contribution < 1.29 is 14.4 Å². The topological polar surface area (TPSA) is 101 Å². The van der Waals surface area contributed by atoms with E-state index < -0.39 is 5.97 Å². The van der Waals surface area contributed by atoms with Crippen LogP contribution in [-0.2, 0) is 6.54 Å². The van der Waals surface area contributed by atoms with Gasteiger partial charge in [0.2, 0.25) is 5.95 Å². The van der Waals surface area contributed by atoms with Crippen LogP contribution in [-0.4, -0.2) is 26.2 Å². The summed E-state index contributed by atoms with van der Waals surface area (Å²) in [5, 5.41) is 15.5. The summed E-state index contributed by atoms with van der Waals surface area (Å²) in [4.78, 5) is 18.8. The highest BCUT2D eigenvalue weighted by atomic mass is 16.5. The molecule has 0 aromatic carbocycles. The molecule has 18 heavy (non-hydrogen) atoms. The maximum Gasteiger partial charge on any atom is 0.339 e. The molecule has 2 aromatic heterocycles. The molecule has 0 atom stereocenters. The monoisotopic (exact) mass is 248 g/mol. The van der Waals surface area contributed by atoms with Crippen LogP contribution in [0.4, 0.5) is 5.95 Å². The van der Waals surface area contributed by atoms with Gasteiger partial charge in [0.1, 0.15) is 0 Å². The fourth-order valence-electron chi connectivity index (χ4n) is 1.43. The van der Waals surface area contributed by atoms with Gasteiger partial charge in [-0.15, -0.1) is 0 Å². The van der Waals surface area contributed by atoms with Gasteiger partial charge >= 0.3 is 5.97 Å². The van der Waals surface area contributed by atoms with Crippen LogP contribution < -0.4 is 5.32 Å². The van der Waals surface area contributed by atoms with Gasteiger partial charge in [-0.2, -0.15) is 0 Å². The molecular formula is C11H12N4O3. The number of aromatic nitrogens is 3. The third-order valence-electron chi connectivity index (χ3n) is 2.31. The number of aromatic carboxylic acids is 1. The van der Waals surface area contributed by atoms with Crippen LogP contribution in [0.2, 0.25) is 0 Å². The van der Waals surface area contributed by atoms with Crippen molar-refractivity contribution in [3.8, 4) is 0 Å². The summed E-state index contributed by atoms with van der Waals surface area (Å²) in [6.07, 6.45) is 1.28. The lowest BCUT2D eigenvalue weighted by Gasteiger charge is -2.04. The van der Waals surface area contributed by atoms with Gasteiger partial charge in [0.05, 0.1) is 23.5 Å². The van der Waals surface area contributed by atoms with Gasteiger partial charge in [-0.25, -0.2) is 14.8 Å². The fourth-order valence-corrected chi connectivity index (χ4v) is 1.43. The number of carboxylic acids is 1. The summed E-state index contributed by atoms with van der Waals surface area (Å²) in [6, 6.07) is 1.80. The van der Waals surface area contributed by atoms with Crippen molar-refractivity contribution in [1.29, 1.82) is 0 Å². The first-order valence-electron chi connectivity index (χ1n) is 5.29. The van der Waals surface area contributed by atoms with Gasteiger partial charge in [-0.3, -0.25) is 0 Å². The molecule has 0 aliphatic heterocycles. The Bertz CT molecular complexity index is 579. The predicted octanol–water partition coefficient (Wildman–Crippen LogP) is 1.39. The highest BCUT2D eigenvalue weighted by Gasteiger charge is 2.10. The molecule has 0 saturated carbocycles. The average molecular weight is 248 g/mol. The average Bonchev–Trinajstić information content (AvgIpc) is 2.72. The first kappa shape index (κ1) is 12.0. The number of rotatable bonds is 4. The summed E-state index contributed by atoms with van der Waals surface area (Å²) in [6.45, 7) is 3.84. The van der Waals surface area contributed by atoms with E-state index in [4.69, 9.17) is 9.63 Å². The molecule has 0 amide bonds. The highest BCUT2D eigenvalue weighted by Crippen LogP contribution is 2.09.